The summed E-state index contributed by atoms with van der Waals surface area (Å²) in [5, 5.41) is 2.22. The fourth-order valence-corrected chi connectivity index (χ4v) is 2.47. The third-order valence-corrected chi connectivity index (χ3v) is 4.03. The zero-order valence-electron chi connectivity index (χ0n) is 15.2. The van der Waals surface area contributed by atoms with Gasteiger partial charge in [-0.3, -0.25) is 19.2 Å². The van der Waals surface area contributed by atoms with Gasteiger partial charge in [-0.25, -0.2) is 0 Å². The maximum atomic E-state index is 12.6. The van der Waals surface area contributed by atoms with Crippen molar-refractivity contribution in [2.75, 3.05) is 14.2 Å². The van der Waals surface area contributed by atoms with E-state index in [1.807, 2.05) is 0 Å². The van der Waals surface area contributed by atoms with Crippen molar-refractivity contribution in [2.45, 2.75) is 19.1 Å². The van der Waals surface area contributed by atoms with E-state index in [0.29, 0.717) is 12.1 Å². The second kappa shape index (κ2) is 9.20. The normalized spacial score (nSPS) is 13.4. The number of nitrogens with one attached hydrogen (secondary N) is 1. The lowest BCUT2D eigenvalue weighted by molar-refractivity contribution is -0.162. The summed E-state index contributed by atoms with van der Waals surface area (Å²) in [5.41, 5.74) is 4.12. The van der Waals surface area contributed by atoms with Crippen LogP contribution in [0.4, 0.5) is 13.2 Å². The van der Waals surface area contributed by atoms with Gasteiger partial charge < -0.3 is 20.5 Å². The van der Waals surface area contributed by atoms with Gasteiger partial charge in [0.1, 0.15) is 6.04 Å². The third-order valence-electron chi connectivity index (χ3n) is 4.03. The molecule has 0 fully saturated rings. The Kier molecular flexibility index (Phi) is 7.53. The lowest BCUT2D eigenvalue weighted by Gasteiger charge is -2.26. The van der Waals surface area contributed by atoms with Gasteiger partial charge in [0, 0.05) is 11.5 Å². The van der Waals surface area contributed by atoms with Crippen molar-refractivity contribution in [3.8, 4) is 0 Å². The van der Waals surface area contributed by atoms with Crippen LogP contribution in [0.5, 0.6) is 0 Å². The molecule has 0 aromatic heterocycles. The smallest absolute Gasteiger partial charge is 0.416 e. The van der Waals surface area contributed by atoms with Gasteiger partial charge in [-0.1, -0.05) is 6.92 Å². The van der Waals surface area contributed by atoms with E-state index in [4.69, 9.17) is 5.73 Å². The number of esters is 2. The average molecular weight is 404 g/mol. The van der Waals surface area contributed by atoms with E-state index >= 15 is 0 Å². The first kappa shape index (κ1) is 22.9. The highest BCUT2D eigenvalue weighted by atomic mass is 19.4. The summed E-state index contributed by atoms with van der Waals surface area (Å²) in [6.07, 6.45) is -4.58. The predicted molar refractivity (Wildman–Crippen MR) is 88.6 cm³/mol. The van der Waals surface area contributed by atoms with E-state index in [0.717, 1.165) is 26.4 Å². The maximum Gasteiger partial charge on any atom is 0.416 e. The Labute approximate surface area is 158 Å². The van der Waals surface area contributed by atoms with E-state index < -0.39 is 53.4 Å². The largest absolute Gasteiger partial charge is 0.468 e. The van der Waals surface area contributed by atoms with Crippen LogP contribution in [0.25, 0.3) is 0 Å². The molecule has 2 amide bonds. The Bertz CT molecular complexity index is 732. The summed E-state index contributed by atoms with van der Waals surface area (Å²) in [6, 6.07) is 1.72. The Morgan fingerprint density at radius 3 is 1.82 bits per heavy atom. The van der Waals surface area contributed by atoms with Crippen molar-refractivity contribution in [3.05, 3.63) is 35.4 Å². The number of halogens is 3. The molecule has 11 heteroatoms. The minimum absolute atomic E-state index is 0.181. The van der Waals surface area contributed by atoms with E-state index in [1.54, 1.807) is 0 Å². The highest BCUT2D eigenvalue weighted by Gasteiger charge is 2.41. The molecule has 154 valence electrons. The molecule has 0 aliphatic carbocycles. The fraction of sp³-hybridized carbons (Fsp3) is 0.412. The van der Waals surface area contributed by atoms with Gasteiger partial charge in [-0.15, -0.1) is 0 Å². The number of rotatable bonds is 7. The minimum Gasteiger partial charge on any atom is -0.468 e. The van der Waals surface area contributed by atoms with Gasteiger partial charge in [0.05, 0.1) is 19.8 Å². The summed E-state index contributed by atoms with van der Waals surface area (Å²) in [5.74, 6) is -6.71. The Hall–Kier alpha value is -3.11. The standard InChI is InChI=1S/C17H19F3N2O6/c1-8(11(15(25)27-2)16(26)28-3)12(13(21)23)22-14(24)9-4-6-10(7-5-9)17(18,19)20/h4-8,11-12H,1-3H3,(H2,21,23)(H,22,24)/t8-,12-/m1/s1. The molecule has 2 atom stereocenters. The molecule has 0 bridgehead atoms. The Morgan fingerprint density at radius 1 is 1.00 bits per heavy atom. The predicted octanol–water partition coefficient (Wildman–Crippen LogP) is 0.887. The first-order valence-electron chi connectivity index (χ1n) is 7.87. The zero-order chi connectivity index (χ0) is 21.6. The van der Waals surface area contributed by atoms with Crippen LogP contribution >= 0.6 is 0 Å². The molecular formula is C17H19F3N2O6. The average Bonchev–Trinajstić information content (AvgIpc) is 2.64. The second-order valence-corrected chi connectivity index (χ2v) is 5.81. The molecule has 0 aliphatic rings. The monoisotopic (exact) mass is 404 g/mol. The molecule has 3 N–H and O–H groups in total. The lowest BCUT2D eigenvalue weighted by Crippen LogP contribution is -2.52. The number of carbonyl (C=O) groups is 4. The Balaban J connectivity index is 3.08. The molecule has 0 heterocycles. The first-order valence-corrected chi connectivity index (χ1v) is 7.87. The van der Waals surface area contributed by atoms with E-state index in [1.165, 1.54) is 6.92 Å². The molecular weight excluding hydrogens is 385 g/mol. The molecule has 1 rings (SSSR count). The number of ether oxygens (including phenoxy) is 2. The van der Waals surface area contributed by atoms with Crippen molar-refractivity contribution in [1.82, 2.24) is 5.32 Å². The van der Waals surface area contributed by atoms with Crippen LogP contribution in [0.3, 0.4) is 0 Å². The van der Waals surface area contributed by atoms with Gasteiger partial charge >= 0.3 is 18.1 Å². The quantitative estimate of drug-likeness (QED) is 0.514. The number of alkyl halides is 3. The van der Waals surface area contributed by atoms with Crippen LogP contribution in [-0.2, 0) is 30.0 Å². The molecule has 1 aromatic carbocycles. The second-order valence-electron chi connectivity index (χ2n) is 5.81. The molecule has 0 saturated carbocycles. The molecule has 0 radical (unpaired) electrons. The molecule has 0 spiro atoms. The van der Waals surface area contributed by atoms with Gasteiger partial charge in [0.25, 0.3) is 5.91 Å². The Morgan fingerprint density at radius 2 is 1.46 bits per heavy atom. The van der Waals surface area contributed by atoms with Crippen LogP contribution in [0, 0.1) is 11.8 Å². The highest BCUT2D eigenvalue weighted by Crippen LogP contribution is 2.29. The van der Waals surface area contributed by atoms with E-state index in [2.05, 4.69) is 14.8 Å². The number of carbonyl (C=O) groups excluding carboxylic acids is 4. The molecule has 0 aliphatic heterocycles. The summed E-state index contributed by atoms with van der Waals surface area (Å²) in [6.45, 7) is 1.29. The van der Waals surface area contributed by atoms with Crippen molar-refractivity contribution in [3.63, 3.8) is 0 Å². The van der Waals surface area contributed by atoms with Crippen molar-refractivity contribution < 1.29 is 41.8 Å². The number of methoxy groups -OCH3 is 2. The summed E-state index contributed by atoms with van der Waals surface area (Å²) >= 11 is 0. The summed E-state index contributed by atoms with van der Waals surface area (Å²) < 4.78 is 46.8. The number of hydrogen-bond donors (Lipinski definition) is 2. The van der Waals surface area contributed by atoms with Gasteiger partial charge in [-0.05, 0) is 24.3 Å². The maximum absolute atomic E-state index is 12.6. The van der Waals surface area contributed by atoms with Gasteiger partial charge in [0.15, 0.2) is 5.92 Å². The van der Waals surface area contributed by atoms with Crippen LogP contribution in [0.15, 0.2) is 24.3 Å². The first-order chi connectivity index (χ1) is 12.9. The SMILES string of the molecule is COC(=O)C(C(=O)OC)[C@@H](C)[C@@H](NC(=O)c1ccc(C(F)(F)F)cc1)C(N)=O. The minimum atomic E-state index is -4.58. The molecule has 8 nitrogen and oxygen atoms in total. The van der Waals surface area contributed by atoms with Gasteiger partial charge in [-0.2, -0.15) is 13.2 Å². The topological polar surface area (TPSA) is 125 Å². The summed E-state index contributed by atoms with van der Waals surface area (Å²) in [7, 11) is 2.04. The third kappa shape index (κ3) is 5.44. The van der Waals surface area contributed by atoms with Crippen LogP contribution in [-0.4, -0.2) is 44.0 Å². The number of nitrogens with two attached hydrogens (primary N) is 1. The number of benzene rings is 1. The molecule has 0 saturated heterocycles. The van der Waals surface area contributed by atoms with E-state index in [9.17, 15) is 32.3 Å². The molecule has 0 unspecified atom stereocenters. The summed E-state index contributed by atoms with van der Waals surface area (Å²) in [4.78, 5) is 47.8. The number of primary amides is 1. The van der Waals surface area contributed by atoms with Gasteiger partial charge in [0.2, 0.25) is 5.91 Å². The van der Waals surface area contributed by atoms with Crippen LogP contribution < -0.4 is 11.1 Å². The van der Waals surface area contributed by atoms with Crippen molar-refractivity contribution >= 4 is 23.8 Å². The zero-order valence-corrected chi connectivity index (χ0v) is 15.2. The lowest BCUT2D eigenvalue weighted by atomic mass is 9.86. The van der Waals surface area contributed by atoms with Crippen LogP contribution in [0.2, 0.25) is 0 Å². The van der Waals surface area contributed by atoms with Crippen LogP contribution in [0.1, 0.15) is 22.8 Å². The number of hydrogen-bond acceptors (Lipinski definition) is 6. The molecule has 1 aromatic rings. The molecule has 28 heavy (non-hydrogen) atoms. The van der Waals surface area contributed by atoms with Crippen molar-refractivity contribution in [2.24, 2.45) is 17.6 Å². The van der Waals surface area contributed by atoms with E-state index in [-0.39, 0.29) is 5.56 Å². The number of amides is 2. The highest BCUT2D eigenvalue weighted by molar-refractivity contribution is 5.99. The van der Waals surface area contributed by atoms with Crippen molar-refractivity contribution in [1.29, 1.82) is 0 Å². The fourth-order valence-electron chi connectivity index (χ4n) is 2.47.